The van der Waals surface area contributed by atoms with E-state index in [2.05, 4.69) is 10.5 Å². The largest absolute Gasteiger partial charge is 0.493 e. The SMILES string of the molecule is CCOc1ccc(/C=N\OCc2ccc(C(=O)Nc3ccccc3)cc2)cc1OC. The summed E-state index contributed by atoms with van der Waals surface area (Å²) >= 11 is 0. The fraction of sp³-hybridized carbons (Fsp3) is 0.167. The number of benzene rings is 3. The van der Waals surface area contributed by atoms with E-state index in [0.717, 1.165) is 16.8 Å². The van der Waals surface area contributed by atoms with Gasteiger partial charge in [-0.15, -0.1) is 0 Å². The first-order valence-electron chi connectivity index (χ1n) is 9.61. The molecule has 3 aromatic rings. The smallest absolute Gasteiger partial charge is 0.255 e. The number of oxime groups is 1. The lowest BCUT2D eigenvalue weighted by atomic mass is 10.1. The van der Waals surface area contributed by atoms with Crippen LogP contribution in [0.5, 0.6) is 11.5 Å². The van der Waals surface area contributed by atoms with E-state index in [1.807, 2.05) is 67.6 Å². The maximum absolute atomic E-state index is 12.3. The third-order valence-corrected chi connectivity index (χ3v) is 4.24. The Morgan fingerprint density at radius 1 is 1.00 bits per heavy atom. The molecule has 0 aliphatic carbocycles. The number of rotatable bonds is 9. The Labute approximate surface area is 176 Å². The van der Waals surface area contributed by atoms with Gasteiger partial charge in [-0.2, -0.15) is 0 Å². The van der Waals surface area contributed by atoms with Gasteiger partial charge >= 0.3 is 0 Å². The number of carbonyl (C=O) groups is 1. The van der Waals surface area contributed by atoms with Crippen LogP contribution < -0.4 is 14.8 Å². The normalized spacial score (nSPS) is 10.6. The zero-order valence-corrected chi connectivity index (χ0v) is 17.0. The highest BCUT2D eigenvalue weighted by molar-refractivity contribution is 6.04. The molecule has 0 saturated carbocycles. The average molecular weight is 404 g/mol. The Morgan fingerprint density at radius 3 is 2.47 bits per heavy atom. The number of nitrogens with one attached hydrogen (secondary N) is 1. The van der Waals surface area contributed by atoms with Crippen LogP contribution in [-0.2, 0) is 11.4 Å². The lowest BCUT2D eigenvalue weighted by Gasteiger charge is -2.09. The molecule has 3 rings (SSSR count). The average Bonchev–Trinajstić information content (AvgIpc) is 2.78. The van der Waals surface area contributed by atoms with Gasteiger partial charge in [0.05, 0.1) is 19.9 Å². The second-order valence-electron chi connectivity index (χ2n) is 6.37. The van der Waals surface area contributed by atoms with Gasteiger partial charge in [-0.25, -0.2) is 0 Å². The van der Waals surface area contributed by atoms with E-state index >= 15 is 0 Å². The van der Waals surface area contributed by atoms with Gasteiger partial charge in [0.1, 0.15) is 6.61 Å². The maximum Gasteiger partial charge on any atom is 0.255 e. The van der Waals surface area contributed by atoms with Gasteiger partial charge in [0.25, 0.3) is 5.91 Å². The van der Waals surface area contributed by atoms with Crippen LogP contribution in [-0.4, -0.2) is 25.8 Å². The lowest BCUT2D eigenvalue weighted by molar-refractivity contribution is 0.102. The van der Waals surface area contributed by atoms with Crippen LogP contribution in [0.2, 0.25) is 0 Å². The molecule has 0 aromatic heterocycles. The highest BCUT2D eigenvalue weighted by Crippen LogP contribution is 2.27. The summed E-state index contributed by atoms with van der Waals surface area (Å²) in [5, 5.41) is 6.86. The first-order valence-corrected chi connectivity index (χ1v) is 9.61. The van der Waals surface area contributed by atoms with Crippen molar-refractivity contribution in [3.8, 4) is 11.5 Å². The minimum atomic E-state index is -0.156. The van der Waals surface area contributed by atoms with E-state index in [1.165, 1.54) is 0 Å². The molecule has 0 bridgehead atoms. The van der Waals surface area contributed by atoms with Crippen LogP contribution in [0.1, 0.15) is 28.4 Å². The summed E-state index contributed by atoms with van der Waals surface area (Å²) < 4.78 is 10.8. The fourth-order valence-corrected chi connectivity index (χ4v) is 2.73. The molecule has 0 spiro atoms. The van der Waals surface area contributed by atoms with Crippen molar-refractivity contribution < 1.29 is 19.1 Å². The van der Waals surface area contributed by atoms with Gasteiger partial charge in [0.15, 0.2) is 11.5 Å². The number of hydrogen-bond donors (Lipinski definition) is 1. The van der Waals surface area contributed by atoms with Gasteiger partial charge in [0.2, 0.25) is 0 Å². The fourth-order valence-electron chi connectivity index (χ4n) is 2.73. The standard InChI is InChI=1S/C24H24N2O4/c1-3-29-22-14-11-19(15-23(22)28-2)16-25-30-17-18-9-12-20(13-10-18)24(27)26-21-7-5-4-6-8-21/h4-16H,3,17H2,1-2H3,(H,26,27)/b25-16-. The van der Waals surface area contributed by atoms with E-state index in [1.54, 1.807) is 25.5 Å². The maximum atomic E-state index is 12.3. The van der Waals surface area contributed by atoms with Crippen molar-refractivity contribution in [3.63, 3.8) is 0 Å². The van der Waals surface area contributed by atoms with Crippen LogP contribution >= 0.6 is 0 Å². The molecule has 1 N–H and O–H groups in total. The summed E-state index contributed by atoms with van der Waals surface area (Å²) in [4.78, 5) is 17.6. The molecular formula is C24H24N2O4. The predicted molar refractivity (Wildman–Crippen MR) is 117 cm³/mol. The zero-order chi connectivity index (χ0) is 21.2. The van der Waals surface area contributed by atoms with Crippen molar-refractivity contribution in [2.75, 3.05) is 19.0 Å². The summed E-state index contributed by atoms with van der Waals surface area (Å²) in [6.45, 7) is 2.79. The Kier molecular flexibility index (Phi) is 7.44. The third-order valence-electron chi connectivity index (χ3n) is 4.24. The number of para-hydroxylation sites is 1. The minimum Gasteiger partial charge on any atom is -0.493 e. The summed E-state index contributed by atoms with van der Waals surface area (Å²) in [6.07, 6.45) is 1.61. The van der Waals surface area contributed by atoms with Crippen LogP contribution in [0.25, 0.3) is 0 Å². The highest BCUT2D eigenvalue weighted by Gasteiger charge is 2.06. The van der Waals surface area contributed by atoms with E-state index < -0.39 is 0 Å². The Bertz CT molecular complexity index is 986. The molecular weight excluding hydrogens is 380 g/mol. The van der Waals surface area contributed by atoms with Crippen molar-refractivity contribution in [2.24, 2.45) is 5.16 Å². The van der Waals surface area contributed by atoms with E-state index in [9.17, 15) is 4.79 Å². The summed E-state index contributed by atoms with van der Waals surface area (Å²) in [7, 11) is 1.60. The molecule has 30 heavy (non-hydrogen) atoms. The summed E-state index contributed by atoms with van der Waals surface area (Å²) in [5.74, 6) is 1.18. The number of amides is 1. The predicted octanol–water partition coefficient (Wildman–Crippen LogP) is 4.90. The first-order chi connectivity index (χ1) is 14.7. The van der Waals surface area contributed by atoms with Gasteiger partial charge in [-0.1, -0.05) is 35.5 Å². The number of nitrogens with zero attached hydrogens (tertiary/aromatic N) is 1. The second kappa shape index (κ2) is 10.7. The molecule has 6 heteroatoms. The van der Waals surface area contributed by atoms with Gasteiger partial charge < -0.3 is 19.6 Å². The molecule has 0 saturated heterocycles. The number of carbonyl (C=O) groups excluding carboxylic acids is 1. The van der Waals surface area contributed by atoms with Crippen molar-refractivity contribution >= 4 is 17.8 Å². The second-order valence-corrected chi connectivity index (χ2v) is 6.37. The van der Waals surface area contributed by atoms with E-state index in [0.29, 0.717) is 30.3 Å². The van der Waals surface area contributed by atoms with Crippen molar-refractivity contribution in [1.82, 2.24) is 0 Å². The molecule has 6 nitrogen and oxygen atoms in total. The Morgan fingerprint density at radius 2 is 1.77 bits per heavy atom. The topological polar surface area (TPSA) is 69.2 Å². The van der Waals surface area contributed by atoms with Crippen molar-refractivity contribution in [1.29, 1.82) is 0 Å². The molecule has 0 aliphatic heterocycles. The van der Waals surface area contributed by atoms with E-state index in [-0.39, 0.29) is 5.91 Å². The molecule has 3 aromatic carbocycles. The number of ether oxygens (including phenoxy) is 2. The lowest BCUT2D eigenvalue weighted by Crippen LogP contribution is -2.11. The van der Waals surface area contributed by atoms with Crippen molar-refractivity contribution in [3.05, 3.63) is 89.5 Å². The van der Waals surface area contributed by atoms with Crippen LogP contribution in [0, 0.1) is 0 Å². The zero-order valence-electron chi connectivity index (χ0n) is 17.0. The summed E-state index contributed by atoms with van der Waals surface area (Å²) in [6, 6.07) is 22.1. The quantitative estimate of drug-likeness (QED) is 0.407. The Hall–Kier alpha value is -3.80. The van der Waals surface area contributed by atoms with Gasteiger partial charge in [-0.3, -0.25) is 4.79 Å². The molecule has 1 amide bonds. The van der Waals surface area contributed by atoms with Gasteiger partial charge in [0, 0.05) is 16.8 Å². The third kappa shape index (κ3) is 5.85. The van der Waals surface area contributed by atoms with Gasteiger partial charge in [-0.05, 0) is 55.0 Å². The monoisotopic (exact) mass is 404 g/mol. The number of anilines is 1. The summed E-state index contributed by atoms with van der Waals surface area (Å²) in [5.41, 5.74) is 3.08. The molecule has 0 aliphatic rings. The number of hydrogen-bond acceptors (Lipinski definition) is 5. The number of methoxy groups -OCH3 is 1. The Balaban J connectivity index is 1.52. The molecule has 0 unspecified atom stereocenters. The molecule has 0 atom stereocenters. The molecule has 0 fully saturated rings. The van der Waals surface area contributed by atoms with Crippen LogP contribution in [0.3, 0.4) is 0 Å². The van der Waals surface area contributed by atoms with Crippen LogP contribution in [0.15, 0.2) is 78.0 Å². The van der Waals surface area contributed by atoms with Crippen LogP contribution in [0.4, 0.5) is 5.69 Å². The highest BCUT2D eigenvalue weighted by atomic mass is 16.6. The molecule has 154 valence electrons. The first kappa shape index (κ1) is 20.9. The minimum absolute atomic E-state index is 0.156. The van der Waals surface area contributed by atoms with Crippen molar-refractivity contribution in [2.45, 2.75) is 13.5 Å². The molecule has 0 heterocycles. The molecule has 0 radical (unpaired) electrons. The van der Waals surface area contributed by atoms with E-state index in [4.69, 9.17) is 14.3 Å².